The number of rotatable bonds is 11. The van der Waals surface area contributed by atoms with E-state index in [1.807, 2.05) is 30.3 Å². The van der Waals surface area contributed by atoms with E-state index in [-0.39, 0.29) is 24.7 Å². The maximum Gasteiger partial charge on any atom is 0.491 e. The summed E-state index contributed by atoms with van der Waals surface area (Å²) < 4.78 is 14.5. The minimum Gasteiger partial charge on any atom is -0.423 e. The highest BCUT2D eigenvalue weighted by Crippen LogP contribution is 2.08. The SMILES string of the molecule is NC(CCl)=NCCC[C@H](NC(=O)c1cccc(B(O)O)c1F)C(=O)NCc1ccccc1. The molecule has 0 aliphatic rings. The van der Waals surface area contributed by atoms with Gasteiger partial charge in [0.2, 0.25) is 5.91 Å². The van der Waals surface area contributed by atoms with Crippen molar-refractivity contribution in [3.63, 3.8) is 0 Å². The quantitative estimate of drug-likeness (QED) is 0.107. The lowest BCUT2D eigenvalue weighted by Gasteiger charge is -2.19. The van der Waals surface area contributed by atoms with Crippen molar-refractivity contribution >= 4 is 41.8 Å². The van der Waals surface area contributed by atoms with E-state index >= 15 is 0 Å². The van der Waals surface area contributed by atoms with E-state index in [0.717, 1.165) is 11.6 Å². The van der Waals surface area contributed by atoms with Gasteiger partial charge in [0.15, 0.2) is 0 Å². The van der Waals surface area contributed by atoms with E-state index in [1.54, 1.807) is 0 Å². The van der Waals surface area contributed by atoms with Crippen LogP contribution in [0.3, 0.4) is 0 Å². The Hall–Kier alpha value is -2.95. The second-order valence-electron chi connectivity index (χ2n) is 6.96. The molecular formula is C21H25BClFN4O4. The van der Waals surface area contributed by atoms with Crippen LogP contribution in [0.2, 0.25) is 0 Å². The second-order valence-corrected chi connectivity index (χ2v) is 7.23. The standard InChI is InChI=1S/C21H25BClFN4O4/c23-12-18(25)26-11-5-10-17(21(30)27-13-14-6-2-1-3-7-14)28-20(29)15-8-4-9-16(19(15)24)22(31)32/h1-4,6-9,17,31-32H,5,10-13H2,(H2,25,26)(H,27,30)(H,28,29)/t17-/m0/s1. The Morgan fingerprint density at radius 3 is 2.53 bits per heavy atom. The largest absolute Gasteiger partial charge is 0.491 e. The Labute approximate surface area is 190 Å². The molecule has 2 aromatic rings. The predicted molar refractivity (Wildman–Crippen MR) is 122 cm³/mol. The van der Waals surface area contributed by atoms with Gasteiger partial charge in [0, 0.05) is 18.6 Å². The number of nitrogens with one attached hydrogen (secondary N) is 2. The summed E-state index contributed by atoms with van der Waals surface area (Å²) in [5, 5.41) is 23.8. The number of alkyl halides is 1. The number of aliphatic imine (C=N–C) groups is 1. The fourth-order valence-electron chi connectivity index (χ4n) is 2.90. The third-order valence-electron chi connectivity index (χ3n) is 4.59. The Bertz CT molecular complexity index is 947. The molecule has 0 unspecified atom stereocenters. The number of amides is 2. The van der Waals surface area contributed by atoms with Gasteiger partial charge in [0.25, 0.3) is 5.91 Å². The number of carbonyl (C=O) groups is 2. The van der Waals surface area contributed by atoms with Crippen LogP contribution in [-0.2, 0) is 11.3 Å². The van der Waals surface area contributed by atoms with Crippen molar-refractivity contribution in [3.05, 3.63) is 65.5 Å². The highest BCUT2D eigenvalue weighted by molar-refractivity contribution is 6.58. The van der Waals surface area contributed by atoms with Gasteiger partial charge in [-0.3, -0.25) is 14.6 Å². The molecule has 0 fully saturated rings. The monoisotopic (exact) mass is 462 g/mol. The van der Waals surface area contributed by atoms with Crippen LogP contribution in [0, 0.1) is 5.82 Å². The fourth-order valence-corrected chi connectivity index (χ4v) is 2.98. The second kappa shape index (κ2) is 12.8. The lowest BCUT2D eigenvalue weighted by atomic mass is 9.79. The average molecular weight is 463 g/mol. The molecule has 2 aromatic carbocycles. The summed E-state index contributed by atoms with van der Waals surface area (Å²) in [6.07, 6.45) is 0.633. The minimum atomic E-state index is -2.07. The zero-order valence-electron chi connectivity index (χ0n) is 17.3. The molecular weight excluding hydrogens is 438 g/mol. The van der Waals surface area contributed by atoms with Crippen LogP contribution in [0.15, 0.2) is 53.5 Å². The lowest BCUT2D eigenvalue weighted by molar-refractivity contribution is -0.123. The van der Waals surface area contributed by atoms with Gasteiger partial charge in [0.1, 0.15) is 17.7 Å². The molecule has 0 aromatic heterocycles. The molecule has 32 heavy (non-hydrogen) atoms. The number of benzene rings is 2. The van der Waals surface area contributed by atoms with Gasteiger partial charge in [-0.15, -0.1) is 11.6 Å². The summed E-state index contributed by atoms with van der Waals surface area (Å²) in [4.78, 5) is 29.5. The molecule has 2 rings (SSSR count). The van der Waals surface area contributed by atoms with Crippen LogP contribution in [-0.4, -0.2) is 53.3 Å². The number of hydrogen-bond donors (Lipinski definition) is 5. The van der Waals surface area contributed by atoms with Gasteiger partial charge in [0.05, 0.1) is 11.4 Å². The minimum absolute atomic E-state index is 0.0874. The molecule has 11 heteroatoms. The smallest absolute Gasteiger partial charge is 0.423 e. The van der Waals surface area contributed by atoms with E-state index in [1.165, 1.54) is 12.1 Å². The number of hydrogen-bond acceptors (Lipinski definition) is 5. The van der Waals surface area contributed by atoms with Gasteiger partial charge in [-0.1, -0.05) is 42.5 Å². The molecule has 0 spiro atoms. The van der Waals surface area contributed by atoms with E-state index in [0.29, 0.717) is 13.0 Å². The highest BCUT2D eigenvalue weighted by atomic mass is 35.5. The van der Waals surface area contributed by atoms with Crippen LogP contribution in [0.1, 0.15) is 28.8 Å². The maximum absolute atomic E-state index is 14.5. The Morgan fingerprint density at radius 1 is 1.16 bits per heavy atom. The summed E-state index contributed by atoms with van der Waals surface area (Å²) in [5.74, 6) is -2.02. The van der Waals surface area contributed by atoms with Crippen molar-refractivity contribution in [2.75, 3.05) is 12.4 Å². The van der Waals surface area contributed by atoms with Gasteiger partial charge in [-0.05, 0) is 24.5 Å². The van der Waals surface area contributed by atoms with E-state index in [4.69, 9.17) is 17.3 Å². The topological polar surface area (TPSA) is 137 Å². The van der Waals surface area contributed by atoms with Crippen LogP contribution in [0.25, 0.3) is 0 Å². The first kappa shape index (κ1) is 25.3. The number of nitrogens with zero attached hydrogens (tertiary/aromatic N) is 1. The van der Waals surface area contributed by atoms with Gasteiger partial charge >= 0.3 is 7.12 Å². The maximum atomic E-state index is 14.5. The molecule has 0 bridgehead atoms. The number of carbonyl (C=O) groups excluding carboxylic acids is 2. The van der Waals surface area contributed by atoms with Gasteiger partial charge in [-0.2, -0.15) is 0 Å². The van der Waals surface area contributed by atoms with E-state index in [9.17, 15) is 24.0 Å². The Kier molecular flexibility index (Phi) is 10.1. The zero-order valence-corrected chi connectivity index (χ0v) is 18.1. The molecule has 0 radical (unpaired) electrons. The summed E-state index contributed by atoms with van der Waals surface area (Å²) in [5.41, 5.74) is 5.60. The van der Waals surface area contributed by atoms with Crippen LogP contribution in [0.5, 0.6) is 0 Å². The molecule has 170 valence electrons. The van der Waals surface area contributed by atoms with Gasteiger partial charge in [-0.25, -0.2) is 4.39 Å². The Balaban J connectivity index is 2.11. The number of nitrogens with two attached hydrogens (primary N) is 1. The predicted octanol–water partition coefficient (Wildman–Crippen LogP) is 0.297. The molecule has 6 N–H and O–H groups in total. The number of halogens is 2. The molecule has 1 atom stereocenters. The first-order valence-electron chi connectivity index (χ1n) is 9.95. The number of amidine groups is 1. The molecule has 0 heterocycles. The first-order chi connectivity index (χ1) is 15.3. The normalized spacial score (nSPS) is 12.2. The van der Waals surface area contributed by atoms with Crippen molar-refractivity contribution in [2.45, 2.75) is 25.4 Å². The summed E-state index contributed by atoms with van der Waals surface area (Å²) >= 11 is 5.58. The van der Waals surface area contributed by atoms with Crippen LogP contribution in [0.4, 0.5) is 4.39 Å². The fraction of sp³-hybridized carbons (Fsp3) is 0.286. The highest BCUT2D eigenvalue weighted by Gasteiger charge is 2.25. The van der Waals surface area contributed by atoms with Crippen molar-refractivity contribution in [3.8, 4) is 0 Å². The van der Waals surface area contributed by atoms with E-state index in [2.05, 4.69) is 15.6 Å². The molecule has 0 aliphatic heterocycles. The molecule has 0 saturated heterocycles. The third-order valence-corrected chi connectivity index (χ3v) is 4.86. The van der Waals surface area contributed by atoms with E-state index < -0.39 is 41.8 Å². The van der Waals surface area contributed by atoms with Crippen LogP contribution < -0.4 is 21.8 Å². The molecule has 8 nitrogen and oxygen atoms in total. The van der Waals surface area contributed by atoms with Crippen molar-refractivity contribution < 1.29 is 24.0 Å². The zero-order chi connectivity index (χ0) is 23.5. The molecule has 0 aliphatic carbocycles. The Morgan fingerprint density at radius 2 is 1.88 bits per heavy atom. The van der Waals surface area contributed by atoms with Crippen molar-refractivity contribution in [1.82, 2.24) is 10.6 Å². The van der Waals surface area contributed by atoms with Crippen LogP contribution >= 0.6 is 11.6 Å². The van der Waals surface area contributed by atoms with Crippen molar-refractivity contribution in [2.24, 2.45) is 10.7 Å². The van der Waals surface area contributed by atoms with Gasteiger partial charge < -0.3 is 26.4 Å². The van der Waals surface area contributed by atoms with Crippen molar-refractivity contribution in [1.29, 1.82) is 0 Å². The third kappa shape index (κ3) is 7.63. The molecule has 2 amide bonds. The summed E-state index contributed by atoms with van der Waals surface area (Å²) in [7, 11) is -2.07. The lowest BCUT2D eigenvalue weighted by Crippen LogP contribution is -2.47. The average Bonchev–Trinajstić information content (AvgIpc) is 2.79. The summed E-state index contributed by atoms with van der Waals surface area (Å²) in [6.45, 7) is 0.557. The first-order valence-corrected chi connectivity index (χ1v) is 10.5. The summed E-state index contributed by atoms with van der Waals surface area (Å²) in [6, 6.07) is 11.9. The molecule has 0 saturated carbocycles.